The van der Waals surface area contributed by atoms with Crippen molar-refractivity contribution in [3.05, 3.63) is 22.4 Å². The second kappa shape index (κ2) is 11.3. The monoisotopic (exact) mass is 450 g/mol. The van der Waals surface area contributed by atoms with Gasteiger partial charge in [0.2, 0.25) is 0 Å². The minimum Gasteiger partial charge on any atom is -0.356 e. The van der Waals surface area contributed by atoms with Crippen LogP contribution in [0.5, 0.6) is 0 Å². The number of thiophene rings is 1. The zero-order valence-electron chi connectivity index (χ0n) is 14.5. The molecule has 2 N–H and O–H groups in total. The van der Waals surface area contributed by atoms with Gasteiger partial charge in [0.1, 0.15) is 0 Å². The van der Waals surface area contributed by atoms with Crippen molar-refractivity contribution in [1.29, 1.82) is 0 Å². The Balaban J connectivity index is 0.00000264. The summed E-state index contributed by atoms with van der Waals surface area (Å²) in [6.45, 7) is 10.1. The molecule has 1 saturated heterocycles. The number of rotatable bonds is 6. The van der Waals surface area contributed by atoms with Gasteiger partial charge in [0.05, 0.1) is 0 Å². The Morgan fingerprint density at radius 1 is 1.39 bits per heavy atom. The molecule has 0 aromatic carbocycles. The fraction of sp³-hybridized carbons (Fsp3) is 0.706. The van der Waals surface area contributed by atoms with E-state index in [0.717, 1.165) is 31.5 Å². The molecule has 0 aliphatic carbocycles. The van der Waals surface area contributed by atoms with Crippen molar-refractivity contribution in [2.75, 3.05) is 39.8 Å². The van der Waals surface area contributed by atoms with Crippen molar-refractivity contribution in [3.63, 3.8) is 0 Å². The zero-order chi connectivity index (χ0) is 15.8. The lowest BCUT2D eigenvalue weighted by Gasteiger charge is -2.30. The standard InChI is InChI=1S/C17H30N4S.HI/c1-14-6-9-21(10-7-14)11-8-19-17(18-3)20-13-15(2)16-5-4-12-22-16;/h4-5,12,14-15H,6-11,13H2,1-3H3,(H2,18,19,20);1H. The number of guanidine groups is 1. The molecule has 1 unspecified atom stereocenters. The largest absolute Gasteiger partial charge is 0.356 e. The molecule has 0 saturated carbocycles. The predicted octanol–water partition coefficient (Wildman–Crippen LogP) is 3.37. The average Bonchev–Trinajstić information content (AvgIpc) is 3.06. The fourth-order valence-corrected chi connectivity index (χ4v) is 3.55. The predicted molar refractivity (Wildman–Crippen MR) is 112 cm³/mol. The summed E-state index contributed by atoms with van der Waals surface area (Å²) in [7, 11) is 1.84. The lowest BCUT2D eigenvalue weighted by molar-refractivity contribution is 0.195. The van der Waals surface area contributed by atoms with Crippen LogP contribution in [0.4, 0.5) is 0 Å². The van der Waals surface area contributed by atoms with Gasteiger partial charge in [0.25, 0.3) is 0 Å². The number of piperidine rings is 1. The highest BCUT2D eigenvalue weighted by molar-refractivity contribution is 14.0. The molecule has 1 aliphatic rings. The summed E-state index contributed by atoms with van der Waals surface area (Å²) in [5.74, 6) is 2.33. The maximum atomic E-state index is 4.32. The number of hydrogen-bond acceptors (Lipinski definition) is 3. The first-order chi connectivity index (χ1) is 10.7. The summed E-state index contributed by atoms with van der Waals surface area (Å²) < 4.78 is 0. The summed E-state index contributed by atoms with van der Waals surface area (Å²) in [6, 6.07) is 4.31. The molecule has 1 aromatic rings. The van der Waals surface area contributed by atoms with Crippen molar-refractivity contribution in [2.45, 2.75) is 32.6 Å². The van der Waals surface area contributed by atoms with Gasteiger partial charge in [-0.2, -0.15) is 0 Å². The number of aliphatic imine (C=N–C) groups is 1. The molecule has 6 heteroatoms. The van der Waals surface area contributed by atoms with Gasteiger partial charge in [-0.25, -0.2) is 0 Å². The van der Waals surface area contributed by atoms with Crippen LogP contribution >= 0.6 is 35.3 Å². The zero-order valence-corrected chi connectivity index (χ0v) is 17.7. The van der Waals surface area contributed by atoms with Crippen LogP contribution < -0.4 is 10.6 Å². The lowest BCUT2D eigenvalue weighted by Crippen LogP contribution is -2.44. The normalized spacial score (nSPS) is 18.3. The van der Waals surface area contributed by atoms with Gasteiger partial charge in [0.15, 0.2) is 5.96 Å². The van der Waals surface area contributed by atoms with Crippen LogP contribution in [0.15, 0.2) is 22.5 Å². The molecule has 2 rings (SSSR count). The quantitative estimate of drug-likeness (QED) is 0.397. The SMILES string of the molecule is CN=C(NCCN1CCC(C)CC1)NCC(C)c1cccs1.I. The van der Waals surface area contributed by atoms with E-state index >= 15 is 0 Å². The van der Waals surface area contributed by atoms with Crippen LogP contribution in [0.25, 0.3) is 0 Å². The Morgan fingerprint density at radius 2 is 2.13 bits per heavy atom. The van der Waals surface area contributed by atoms with E-state index in [1.165, 1.54) is 30.8 Å². The number of hydrogen-bond donors (Lipinski definition) is 2. The van der Waals surface area contributed by atoms with Gasteiger partial charge in [-0.1, -0.05) is 19.9 Å². The highest BCUT2D eigenvalue weighted by atomic mass is 127. The molecule has 132 valence electrons. The third kappa shape index (κ3) is 7.39. The third-order valence-electron chi connectivity index (χ3n) is 4.42. The molecule has 0 amide bonds. The van der Waals surface area contributed by atoms with E-state index in [0.29, 0.717) is 5.92 Å². The fourth-order valence-electron chi connectivity index (χ4n) is 2.76. The number of halogens is 1. The highest BCUT2D eigenvalue weighted by Crippen LogP contribution is 2.19. The molecule has 0 bridgehead atoms. The second-order valence-corrected chi connectivity index (χ2v) is 7.30. The molecule has 1 fully saturated rings. The number of nitrogens with one attached hydrogen (secondary N) is 2. The van der Waals surface area contributed by atoms with E-state index in [-0.39, 0.29) is 24.0 Å². The molecule has 4 nitrogen and oxygen atoms in total. The Kier molecular flexibility index (Phi) is 10.1. The van der Waals surface area contributed by atoms with Crippen LogP contribution in [-0.4, -0.2) is 50.6 Å². The molecule has 0 spiro atoms. The van der Waals surface area contributed by atoms with Gasteiger partial charge in [-0.05, 0) is 43.3 Å². The smallest absolute Gasteiger partial charge is 0.191 e. The topological polar surface area (TPSA) is 39.7 Å². The molecule has 0 radical (unpaired) electrons. The van der Waals surface area contributed by atoms with E-state index in [9.17, 15) is 0 Å². The van der Waals surface area contributed by atoms with Gasteiger partial charge < -0.3 is 15.5 Å². The first-order valence-electron chi connectivity index (χ1n) is 8.39. The molecule has 23 heavy (non-hydrogen) atoms. The van der Waals surface area contributed by atoms with Crippen molar-refractivity contribution >= 4 is 41.3 Å². The minimum absolute atomic E-state index is 0. The van der Waals surface area contributed by atoms with Crippen LogP contribution in [-0.2, 0) is 0 Å². The van der Waals surface area contributed by atoms with Gasteiger partial charge in [-0.3, -0.25) is 4.99 Å². The van der Waals surface area contributed by atoms with Crippen molar-refractivity contribution < 1.29 is 0 Å². The summed E-state index contributed by atoms with van der Waals surface area (Å²) in [6.07, 6.45) is 2.68. The van der Waals surface area contributed by atoms with Crippen LogP contribution in [0, 0.1) is 5.92 Å². The lowest BCUT2D eigenvalue weighted by atomic mass is 9.99. The van der Waals surface area contributed by atoms with E-state index in [2.05, 4.69) is 51.9 Å². The maximum absolute atomic E-state index is 4.32. The summed E-state index contributed by atoms with van der Waals surface area (Å²) in [5.41, 5.74) is 0. The second-order valence-electron chi connectivity index (χ2n) is 6.32. The Morgan fingerprint density at radius 3 is 2.74 bits per heavy atom. The molecular formula is C17H31IN4S. The molecule has 1 aliphatic heterocycles. The third-order valence-corrected chi connectivity index (χ3v) is 5.53. The summed E-state index contributed by atoms with van der Waals surface area (Å²) in [4.78, 5) is 8.29. The first-order valence-corrected chi connectivity index (χ1v) is 9.27. The van der Waals surface area contributed by atoms with Gasteiger partial charge in [0, 0.05) is 37.5 Å². The van der Waals surface area contributed by atoms with Gasteiger partial charge in [-0.15, -0.1) is 35.3 Å². The Hall–Kier alpha value is -0.340. The van der Waals surface area contributed by atoms with Gasteiger partial charge >= 0.3 is 0 Å². The Labute approximate surface area is 162 Å². The van der Waals surface area contributed by atoms with E-state index in [4.69, 9.17) is 0 Å². The van der Waals surface area contributed by atoms with Crippen molar-refractivity contribution in [1.82, 2.24) is 15.5 Å². The molecular weight excluding hydrogens is 419 g/mol. The maximum Gasteiger partial charge on any atom is 0.191 e. The summed E-state index contributed by atoms with van der Waals surface area (Å²) in [5, 5.41) is 9.00. The number of likely N-dealkylation sites (tertiary alicyclic amines) is 1. The Bertz CT molecular complexity index is 441. The number of nitrogens with zero attached hydrogens (tertiary/aromatic N) is 2. The van der Waals surface area contributed by atoms with E-state index in [1.54, 1.807) is 0 Å². The van der Waals surface area contributed by atoms with Crippen LogP contribution in [0.3, 0.4) is 0 Å². The minimum atomic E-state index is 0. The van der Waals surface area contributed by atoms with E-state index in [1.807, 2.05) is 18.4 Å². The first kappa shape index (κ1) is 20.7. The van der Waals surface area contributed by atoms with Crippen LogP contribution in [0.2, 0.25) is 0 Å². The van der Waals surface area contributed by atoms with Crippen LogP contribution in [0.1, 0.15) is 37.5 Å². The average molecular weight is 450 g/mol. The van der Waals surface area contributed by atoms with E-state index < -0.39 is 0 Å². The molecule has 1 atom stereocenters. The summed E-state index contributed by atoms with van der Waals surface area (Å²) >= 11 is 1.82. The van der Waals surface area contributed by atoms with Crippen molar-refractivity contribution in [2.24, 2.45) is 10.9 Å². The molecule has 1 aromatic heterocycles. The molecule has 2 heterocycles. The highest BCUT2D eigenvalue weighted by Gasteiger charge is 2.15. The van der Waals surface area contributed by atoms with Crippen molar-refractivity contribution in [3.8, 4) is 0 Å².